The van der Waals surface area contributed by atoms with E-state index in [1.807, 2.05) is 29.2 Å². The first-order chi connectivity index (χ1) is 13.8. The van der Waals surface area contributed by atoms with Crippen LogP contribution in [0.5, 0.6) is 0 Å². The predicted octanol–water partition coefficient (Wildman–Crippen LogP) is 1.83. The number of nitrogens with two attached hydrogens (primary N) is 1. The minimum absolute atomic E-state index is 0.0227. The fourth-order valence-electron chi connectivity index (χ4n) is 3.38. The number of amides is 1. The first kappa shape index (κ1) is 20.8. The molecule has 2 aromatic carbocycles. The van der Waals surface area contributed by atoms with Crippen molar-refractivity contribution in [3.8, 4) is 0 Å². The van der Waals surface area contributed by atoms with Gasteiger partial charge >= 0.3 is 5.97 Å². The van der Waals surface area contributed by atoms with Gasteiger partial charge in [0, 0.05) is 17.9 Å². The van der Waals surface area contributed by atoms with E-state index in [1.54, 1.807) is 6.92 Å². The second kappa shape index (κ2) is 8.62. The van der Waals surface area contributed by atoms with Crippen LogP contribution in [0.25, 0.3) is 0 Å². The lowest BCUT2D eigenvalue weighted by atomic mass is 9.90. The number of esters is 1. The molecule has 0 saturated carbocycles. The molecule has 8 nitrogen and oxygen atoms in total. The Morgan fingerprint density at radius 1 is 1.17 bits per heavy atom. The van der Waals surface area contributed by atoms with E-state index in [1.165, 1.54) is 24.3 Å². The van der Waals surface area contributed by atoms with E-state index in [0.29, 0.717) is 25.3 Å². The van der Waals surface area contributed by atoms with Gasteiger partial charge in [0.05, 0.1) is 24.0 Å². The molecule has 1 aliphatic heterocycles. The van der Waals surface area contributed by atoms with Crippen LogP contribution >= 0.6 is 0 Å². The van der Waals surface area contributed by atoms with Gasteiger partial charge in [0.1, 0.15) is 0 Å². The Morgan fingerprint density at radius 3 is 2.52 bits per heavy atom. The van der Waals surface area contributed by atoms with Crippen molar-refractivity contribution in [1.29, 1.82) is 0 Å². The molecule has 3 rings (SSSR count). The van der Waals surface area contributed by atoms with Crippen molar-refractivity contribution in [2.24, 2.45) is 5.14 Å². The molecule has 0 aromatic heterocycles. The number of sulfonamides is 1. The van der Waals surface area contributed by atoms with Gasteiger partial charge in [-0.2, -0.15) is 0 Å². The summed E-state index contributed by atoms with van der Waals surface area (Å²) in [4.78, 5) is 26.7. The van der Waals surface area contributed by atoms with Gasteiger partial charge in [-0.3, -0.25) is 9.59 Å². The summed E-state index contributed by atoms with van der Waals surface area (Å²) < 4.78 is 27.8. The summed E-state index contributed by atoms with van der Waals surface area (Å²) in [5.41, 5.74) is 2.15. The predicted molar refractivity (Wildman–Crippen MR) is 109 cm³/mol. The van der Waals surface area contributed by atoms with Crippen LogP contribution in [-0.4, -0.2) is 40.0 Å². The number of ether oxygens (including phenoxy) is 1. The molecule has 29 heavy (non-hydrogen) atoms. The fourth-order valence-corrected chi connectivity index (χ4v) is 3.90. The van der Waals surface area contributed by atoms with E-state index < -0.39 is 10.0 Å². The minimum atomic E-state index is -3.78. The summed E-state index contributed by atoms with van der Waals surface area (Å²) in [6.45, 7) is 2.74. The number of anilines is 2. The summed E-state index contributed by atoms with van der Waals surface area (Å²) in [6.07, 6.45) is 0.562. The van der Waals surface area contributed by atoms with Crippen LogP contribution in [-0.2, 0) is 24.3 Å². The van der Waals surface area contributed by atoms with Crippen molar-refractivity contribution in [3.05, 3.63) is 54.1 Å². The van der Waals surface area contributed by atoms with E-state index in [-0.39, 0.29) is 29.2 Å². The van der Waals surface area contributed by atoms with Crippen molar-refractivity contribution in [2.75, 3.05) is 29.9 Å². The lowest BCUT2D eigenvalue weighted by Gasteiger charge is -2.34. The van der Waals surface area contributed by atoms with Crippen molar-refractivity contribution in [3.63, 3.8) is 0 Å². The number of hydrogen-bond acceptors (Lipinski definition) is 6. The number of nitrogens with one attached hydrogen (secondary N) is 1. The van der Waals surface area contributed by atoms with E-state index in [9.17, 15) is 18.0 Å². The van der Waals surface area contributed by atoms with E-state index in [4.69, 9.17) is 9.88 Å². The Labute approximate surface area is 169 Å². The third-order valence-electron chi connectivity index (χ3n) is 4.71. The van der Waals surface area contributed by atoms with E-state index in [0.717, 1.165) is 11.3 Å². The summed E-state index contributed by atoms with van der Waals surface area (Å²) >= 11 is 0. The molecule has 0 fully saturated rings. The molecule has 2 aromatic rings. The van der Waals surface area contributed by atoms with Gasteiger partial charge in [0.25, 0.3) is 0 Å². The Bertz CT molecular complexity index is 1010. The van der Waals surface area contributed by atoms with Crippen LogP contribution in [0, 0.1) is 0 Å². The summed E-state index contributed by atoms with van der Waals surface area (Å²) in [6, 6.07) is 13.1. The molecule has 1 unspecified atom stereocenters. The maximum absolute atomic E-state index is 12.5. The van der Waals surface area contributed by atoms with Crippen LogP contribution in [0.15, 0.2) is 53.4 Å². The fraction of sp³-hybridized carbons (Fsp3) is 0.300. The number of benzene rings is 2. The number of nitrogens with zero attached hydrogens (tertiary/aromatic N) is 1. The highest BCUT2D eigenvalue weighted by Gasteiger charge is 2.31. The molecule has 1 atom stereocenters. The molecule has 154 valence electrons. The highest BCUT2D eigenvalue weighted by molar-refractivity contribution is 7.89. The largest absolute Gasteiger partial charge is 0.466 e. The van der Waals surface area contributed by atoms with E-state index >= 15 is 0 Å². The minimum Gasteiger partial charge on any atom is -0.466 e. The second-order valence-corrected chi connectivity index (χ2v) is 8.25. The molecule has 1 heterocycles. The highest BCUT2D eigenvalue weighted by atomic mass is 32.2. The molecule has 0 bridgehead atoms. The summed E-state index contributed by atoms with van der Waals surface area (Å²) in [5.74, 6) is -0.840. The normalized spacial score (nSPS) is 16.1. The van der Waals surface area contributed by atoms with Crippen molar-refractivity contribution in [2.45, 2.75) is 24.2 Å². The SMILES string of the molecule is CCOC(=O)C1CCN(CC(=O)Nc2ccc(S(N)(=O)=O)cc2)c2ccccc21. The molecule has 0 aliphatic carbocycles. The molecule has 1 aliphatic rings. The van der Waals surface area contributed by atoms with Crippen molar-refractivity contribution >= 4 is 33.3 Å². The van der Waals surface area contributed by atoms with Crippen LogP contribution in [0.2, 0.25) is 0 Å². The number of carbonyl (C=O) groups is 2. The maximum Gasteiger partial charge on any atom is 0.313 e. The second-order valence-electron chi connectivity index (χ2n) is 6.69. The van der Waals surface area contributed by atoms with Crippen LogP contribution in [0.1, 0.15) is 24.8 Å². The molecule has 9 heteroatoms. The topological polar surface area (TPSA) is 119 Å². The van der Waals surface area contributed by atoms with Gasteiger partial charge in [-0.15, -0.1) is 0 Å². The zero-order valence-electron chi connectivity index (χ0n) is 16.0. The molecule has 0 saturated heterocycles. The van der Waals surface area contributed by atoms with Gasteiger partial charge in [-0.1, -0.05) is 18.2 Å². The molecule has 3 N–H and O–H groups in total. The van der Waals surface area contributed by atoms with Gasteiger partial charge in [0.15, 0.2) is 0 Å². The Balaban J connectivity index is 1.70. The summed E-state index contributed by atoms with van der Waals surface area (Å²) in [7, 11) is -3.78. The summed E-state index contributed by atoms with van der Waals surface area (Å²) in [5, 5.41) is 7.82. The average Bonchev–Trinajstić information content (AvgIpc) is 2.68. The number of rotatable bonds is 6. The zero-order valence-corrected chi connectivity index (χ0v) is 16.8. The number of fused-ring (bicyclic) bond motifs is 1. The molecular formula is C20H23N3O5S. The zero-order chi connectivity index (χ0) is 21.0. The number of hydrogen-bond donors (Lipinski definition) is 2. The molecule has 1 amide bonds. The van der Waals surface area contributed by atoms with Crippen LogP contribution < -0.4 is 15.4 Å². The van der Waals surface area contributed by atoms with Crippen LogP contribution in [0.3, 0.4) is 0 Å². The molecular weight excluding hydrogens is 394 g/mol. The number of primary sulfonamides is 1. The Morgan fingerprint density at radius 2 is 1.86 bits per heavy atom. The smallest absolute Gasteiger partial charge is 0.313 e. The quantitative estimate of drug-likeness (QED) is 0.692. The first-order valence-electron chi connectivity index (χ1n) is 9.23. The highest BCUT2D eigenvalue weighted by Crippen LogP contribution is 2.35. The maximum atomic E-state index is 12.5. The number of carbonyl (C=O) groups excluding carboxylic acids is 2. The van der Waals surface area contributed by atoms with Crippen molar-refractivity contribution in [1.82, 2.24) is 0 Å². The lowest BCUT2D eigenvalue weighted by molar-refractivity contribution is -0.145. The van der Waals surface area contributed by atoms with Gasteiger partial charge < -0.3 is 15.0 Å². The molecule has 0 spiro atoms. The van der Waals surface area contributed by atoms with Gasteiger partial charge in [-0.05, 0) is 49.2 Å². The Kier molecular flexibility index (Phi) is 6.19. The van der Waals surface area contributed by atoms with E-state index in [2.05, 4.69) is 5.32 Å². The van der Waals surface area contributed by atoms with Gasteiger partial charge in [0.2, 0.25) is 15.9 Å². The third-order valence-corrected chi connectivity index (χ3v) is 5.64. The standard InChI is InChI=1S/C20H23N3O5S/c1-2-28-20(25)17-11-12-23(18-6-4-3-5-16(17)18)13-19(24)22-14-7-9-15(10-8-14)29(21,26)27/h3-10,17H,2,11-13H2,1H3,(H,22,24)(H2,21,26,27). The lowest BCUT2D eigenvalue weighted by Crippen LogP contribution is -2.39. The monoisotopic (exact) mass is 417 g/mol. The number of para-hydroxylation sites is 1. The van der Waals surface area contributed by atoms with Crippen LogP contribution in [0.4, 0.5) is 11.4 Å². The average molecular weight is 417 g/mol. The Hall–Kier alpha value is -2.91. The van der Waals surface area contributed by atoms with Crippen molar-refractivity contribution < 1.29 is 22.7 Å². The first-order valence-corrected chi connectivity index (χ1v) is 10.8. The molecule has 0 radical (unpaired) electrons. The third kappa shape index (κ3) is 4.93. The van der Waals surface area contributed by atoms with Gasteiger partial charge in [-0.25, -0.2) is 13.6 Å².